The predicted molar refractivity (Wildman–Crippen MR) is 93.6 cm³/mol. The zero-order valence-electron chi connectivity index (χ0n) is 12.0. The summed E-state index contributed by atoms with van der Waals surface area (Å²) < 4.78 is 0. The van der Waals surface area contributed by atoms with Crippen molar-refractivity contribution in [3.05, 3.63) is 33.4 Å². The quantitative estimate of drug-likeness (QED) is 0.846. The Kier molecular flexibility index (Phi) is 5.20. The lowest BCUT2D eigenvalue weighted by Gasteiger charge is -2.31. The molecule has 1 fully saturated rings. The number of nitrogens with one attached hydrogen (secondary N) is 1. The van der Waals surface area contributed by atoms with Gasteiger partial charge < -0.3 is 10.2 Å². The Hall–Kier alpha value is -0.740. The molecule has 1 aromatic heterocycles. The highest BCUT2D eigenvalue weighted by Gasteiger charge is 2.20. The van der Waals surface area contributed by atoms with Crippen LogP contribution in [0, 0.1) is 13.8 Å². The lowest BCUT2D eigenvalue weighted by molar-refractivity contribution is 0.590. The molecule has 21 heavy (non-hydrogen) atoms. The number of piperazine rings is 1. The van der Waals surface area contributed by atoms with Gasteiger partial charge in [-0.25, -0.2) is 4.98 Å². The molecule has 1 aromatic carbocycles. The van der Waals surface area contributed by atoms with Crippen LogP contribution in [0.25, 0.3) is 10.9 Å². The Labute approximate surface area is 141 Å². The SMILES string of the molecule is Cc1cc(Cl)c2nc(C)c(Cl)c(N3CCNCC3)c2c1.Cl. The van der Waals surface area contributed by atoms with Gasteiger partial charge in [0.25, 0.3) is 0 Å². The maximum absolute atomic E-state index is 6.54. The topological polar surface area (TPSA) is 28.2 Å². The minimum absolute atomic E-state index is 0. The molecule has 2 aromatic rings. The lowest BCUT2D eigenvalue weighted by Crippen LogP contribution is -2.43. The number of fused-ring (bicyclic) bond motifs is 1. The molecule has 6 heteroatoms. The Bertz CT molecular complexity index is 667. The normalized spacial score (nSPS) is 15.1. The molecular formula is C15H18Cl3N3. The lowest BCUT2D eigenvalue weighted by atomic mass is 10.1. The van der Waals surface area contributed by atoms with Crippen molar-refractivity contribution < 1.29 is 0 Å². The van der Waals surface area contributed by atoms with Gasteiger partial charge in [-0.2, -0.15) is 0 Å². The highest BCUT2D eigenvalue weighted by atomic mass is 35.5. The van der Waals surface area contributed by atoms with E-state index >= 15 is 0 Å². The third-order valence-corrected chi connectivity index (χ3v) is 4.44. The summed E-state index contributed by atoms with van der Waals surface area (Å²) in [6, 6.07) is 4.07. The van der Waals surface area contributed by atoms with Gasteiger partial charge in [-0.1, -0.05) is 23.2 Å². The number of benzene rings is 1. The van der Waals surface area contributed by atoms with Crippen LogP contribution in [0.5, 0.6) is 0 Å². The first kappa shape index (κ1) is 16.6. The average molecular weight is 347 g/mol. The first-order valence-electron chi connectivity index (χ1n) is 6.79. The molecule has 0 atom stereocenters. The molecule has 2 heterocycles. The number of nitrogens with zero attached hydrogens (tertiary/aromatic N) is 2. The van der Waals surface area contributed by atoms with Gasteiger partial charge in [-0.05, 0) is 31.5 Å². The van der Waals surface area contributed by atoms with Crippen LogP contribution in [0.4, 0.5) is 5.69 Å². The monoisotopic (exact) mass is 345 g/mol. The minimum atomic E-state index is 0. The van der Waals surface area contributed by atoms with Gasteiger partial charge in [0, 0.05) is 31.6 Å². The number of pyridine rings is 1. The fourth-order valence-corrected chi connectivity index (χ4v) is 3.31. The first-order chi connectivity index (χ1) is 9.58. The van der Waals surface area contributed by atoms with Gasteiger partial charge in [-0.15, -0.1) is 12.4 Å². The van der Waals surface area contributed by atoms with Crippen molar-refractivity contribution in [3.8, 4) is 0 Å². The number of hydrogen-bond donors (Lipinski definition) is 1. The summed E-state index contributed by atoms with van der Waals surface area (Å²) in [5, 5.41) is 5.84. The third kappa shape index (κ3) is 3.07. The van der Waals surface area contributed by atoms with Crippen LogP contribution in [0.1, 0.15) is 11.3 Å². The van der Waals surface area contributed by atoms with Crippen LogP contribution in [-0.4, -0.2) is 31.2 Å². The number of aryl methyl sites for hydroxylation is 2. The van der Waals surface area contributed by atoms with Crippen molar-refractivity contribution >= 4 is 52.2 Å². The van der Waals surface area contributed by atoms with Crippen molar-refractivity contribution in [2.24, 2.45) is 0 Å². The molecule has 0 amide bonds. The standard InChI is InChI=1S/C15H17Cl2N3.ClH/c1-9-7-11-14(12(16)8-9)19-10(2)13(17)15(11)20-5-3-18-4-6-20;/h7-8,18H,3-6H2,1-2H3;1H. The highest BCUT2D eigenvalue weighted by molar-refractivity contribution is 6.38. The molecule has 1 aliphatic rings. The number of hydrogen-bond acceptors (Lipinski definition) is 3. The van der Waals surface area contributed by atoms with Crippen molar-refractivity contribution in [1.29, 1.82) is 0 Å². The van der Waals surface area contributed by atoms with Crippen molar-refractivity contribution in [1.82, 2.24) is 10.3 Å². The molecule has 0 saturated carbocycles. The summed E-state index contributed by atoms with van der Waals surface area (Å²) in [7, 11) is 0. The van der Waals surface area contributed by atoms with Gasteiger partial charge in [0.1, 0.15) is 0 Å². The molecule has 0 unspecified atom stereocenters. The van der Waals surface area contributed by atoms with E-state index in [1.54, 1.807) is 0 Å². The maximum Gasteiger partial charge on any atom is 0.0913 e. The van der Waals surface area contributed by atoms with Gasteiger partial charge in [0.2, 0.25) is 0 Å². The zero-order valence-corrected chi connectivity index (χ0v) is 14.4. The van der Waals surface area contributed by atoms with Crippen LogP contribution >= 0.6 is 35.6 Å². The second-order valence-electron chi connectivity index (χ2n) is 5.24. The van der Waals surface area contributed by atoms with Gasteiger partial charge in [-0.3, -0.25) is 0 Å². The Morgan fingerprint density at radius 1 is 1.14 bits per heavy atom. The molecule has 0 radical (unpaired) electrons. The van der Waals surface area contributed by atoms with Gasteiger partial charge in [0.05, 0.1) is 26.9 Å². The maximum atomic E-state index is 6.54. The second kappa shape index (κ2) is 6.57. The summed E-state index contributed by atoms with van der Waals surface area (Å²) >= 11 is 12.9. The molecule has 114 valence electrons. The Morgan fingerprint density at radius 3 is 2.48 bits per heavy atom. The van der Waals surface area contributed by atoms with Crippen LogP contribution in [0.15, 0.2) is 12.1 Å². The van der Waals surface area contributed by atoms with Crippen LogP contribution in [0.3, 0.4) is 0 Å². The molecule has 1 N–H and O–H groups in total. The summed E-state index contributed by atoms with van der Waals surface area (Å²) in [6.45, 7) is 7.81. The molecular weight excluding hydrogens is 329 g/mol. The largest absolute Gasteiger partial charge is 0.367 e. The molecule has 0 bridgehead atoms. The number of aromatic nitrogens is 1. The fraction of sp³-hybridized carbons (Fsp3) is 0.400. The van der Waals surface area contributed by atoms with E-state index in [9.17, 15) is 0 Å². The number of rotatable bonds is 1. The van der Waals surface area contributed by atoms with Crippen molar-refractivity contribution in [2.45, 2.75) is 13.8 Å². The molecule has 1 saturated heterocycles. The molecule has 3 nitrogen and oxygen atoms in total. The van der Waals surface area contributed by atoms with Crippen molar-refractivity contribution in [2.75, 3.05) is 31.1 Å². The van der Waals surface area contributed by atoms with E-state index in [0.29, 0.717) is 5.02 Å². The van der Waals surface area contributed by atoms with Crippen LogP contribution in [-0.2, 0) is 0 Å². The van der Waals surface area contributed by atoms with Gasteiger partial charge in [0.15, 0.2) is 0 Å². The van der Waals surface area contributed by atoms with E-state index in [1.807, 2.05) is 19.9 Å². The van der Waals surface area contributed by atoms with E-state index in [0.717, 1.165) is 59.0 Å². The highest BCUT2D eigenvalue weighted by Crippen LogP contribution is 2.38. The summed E-state index contributed by atoms with van der Waals surface area (Å²) in [6.07, 6.45) is 0. The fourth-order valence-electron chi connectivity index (χ4n) is 2.73. The molecule has 3 rings (SSSR count). The molecule has 1 aliphatic heterocycles. The summed E-state index contributed by atoms with van der Waals surface area (Å²) in [5.74, 6) is 0. The minimum Gasteiger partial charge on any atom is -0.367 e. The van der Waals surface area contributed by atoms with E-state index in [1.165, 1.54) is 0 Å². The molecule has 0 aliphatic carbocycles. The van der Waals surface area contributed by atoms with E-state index in [-0.39, 0.29) is 12.4 Å². The number of anilines is 1. The molecule has 0 spiro atoms. The van der Waals surface area contributed by atoms with E-state index in [2.05, 4.69) is 21.3 Å². The van der Waals surface area contributed by atoms with Crippen LogP contribution in [0.2, 0.25) is 10.0 Å². The second-order valence-corrected chi connectivity index (χ2v) is 6.02. The zero-order chi connectivity index (χ0) is 14.3. The Morgan fingerprint density at radius 2 is 1.81 bits per heavy atom. The van der Waals surface area contributed by atoms with Gasteiger partial charge >= 0.3 is 0 Å². The predicted octanol–water partition coefficient (Wildman–Crippen LogP) is 3.99. The van der Waals surface area contributed by atoms with E-state index < -0.39 is 0 Å². The van der Waals surface area contributed by atoms with Crippen LogP contribution < -0.4 is 10.2 Å². The average Bonchev–Trinajstić information content (AvgIpc) is 2.42. The first-order valence-corrected chi connectivity index (χ1v) is 7.55. The smallest absolute Gasteiger partial charge is 0.0913 e. The van der Waals surface area contributed by atoms with E-state index in [4.69, 9.17) is 23.2 Å². The summed E-state index contributed by atoms with van der Waals surface area (Å²) in [4.78, 5) is 6.89. The summed E-state index contributed by atoms with van der Waals surface area (Å²) in [5.41, 5.74) is 3.87. The van der Waals surface area contributed by atoms with Crippen molar-refractivity contribution in [3.63, 3.8) is 0 Å². The third-order valence-electron chi connectivity index (χ3n) is 3.70. The number of halogens is 3. The Balaban J connectivity index is 0.00000161.